The Kier molecular flexibility index (Phi) is 6.55. The van der Waals surface area contributed by atoms with E-state index < -0.39 is 18.0 Å². The Morgan fingerprint density at radius 1 is 1.33 bits per heavy atom. The zero-order valence-electron chi connectivity index (χ0n) is 12.2. The van der Waals surface area contributed by atoms with E-state index in [1.165, 1.54) is 6.07 Å². The molecular weight excluding hydrogens is 280 g/mol. The Hall–Kier alpha value is -1.69. The van der Waals surface area contributed by atoms with Gasteiger partial charge >= 0.3 is 12.6 Å². The summed E-state index contributed by atoms with van der Waals surface area (Å²) in [5, 5.41) is 12.4. The number of halogens is 2. The van der Waals surface area contributed by atoms with Crippen LogP contribution in [0.2, 0.25) is 0 Å². The van der Waals surface area contributed by atoms with Crippen LogP contribution in [0.4, 0.5) is 8.78 Å². The second-order valence-corrected chi connectivity index (χ2v) is 4.88. The van der Waals surface area contributed by atoms with Crippen LogP contribution in [0.25, 0.3) is 0 Å². The Labute approximate surface area is 123 Å². The molecule has 0 heterocycles. The molecule has 0 aliphatic heterocycles. The molecule has 4 nitrogen and oxygen atoms in total. The monoisotopic (exact) mass is 301 g/mol. The second-order valence-electron chi connectivity index (χ2n) is 4.88. The van der Waals surface area contributed by atoms with Gasteiger partial charge in [0.05, 0.1) is 5.41 Å². The molecule has 6 heteroatoms. The van der Waals surface area contributed by atoms with Crippen LogP contribution in [0, 0.1) is 5.41 Å². The van der Waals surface area contributed by atoms with Crippen molar-refractivity contribution >= 4 is 5.97 Å². The fourth-order valence-corrected chi connectivity index (χ4v) is 2.18. The standard InChI is InChI=1S/C15H21F2NO3/c1-3-15(4-2,13(19)20)10-18-9-11-7-5-6-8-12(11)21-14(16)17/h5-8,14,18H,3-4,9-10H2,1-2H3,(H,19,20). The average molecular weight is 301 g/mol. The molecule has 21 heavy (non-hydrogen) atoms. The molecule has 0 spiro atoms. The molecular formula is C15H21F2NO3. The van der Waals surface area contributed by atoms with Gasteiger partial charge in [-0.2, -0.15) is 8.78 Å². The van der Waals surface area contributed by atoms with E-state index in [-0.39, 0.29) is 18.8 Å². The maximum Gasteiger partial charge on any atom is 0.387 e. The first-order chi connectivity index (χ1) is 9.95. The SMILES string of the molecule is CCC(CC)(CNCc1ccccc1OC(F)F)C(=O)O. The summed E-state index contributed by atoms with van der Waals surface area (Å²) >= 11 is 0. The summed E-state index contributed by atoms with van der Waals surface area (Å²) in [4.78, 5) is 11.4. The Morgan fingerprint density at radius 2 is 1.95 bits per heavy atom. The van der Waals surface area contributed by atoms with Gasteiger partial charge in [-0.15, -0.1) is 0 Å². The van der Waals surface area contributed by atoms with E-state index in [0.717, 1.165) is 0 Å². The van der Waals surface area contributed by atoms with Crippen molar-refractivity contribution < 1.29 is 23.4 Å². The fourth-order valence-electron chi connectivity index (χ4n) is 2.18. The van der Waals surface area contributed by atoms with E-state index in [9.17, 15) is 18.7 Å². The Balaban J connectivity index is 2.69. The van der Waals surface area contributed by atoms with Crippen molar-refractivity contribution in [1.82, 2.24) is 5.32 Å². The quantitative estimate of drug-likeness (QED) is 0.735. The number of benzene rings is 1. The number of para-hydroxylation sites is 1. The summed E-state index contributed by atoms with van der Waals surface area (Å²) in [5.74, 6) is -0.744. The van der Waals surface area contributed by atoms with Gasteiger partial charge in [-0.05, 0) is 18.9 Å². The van der Waals surface area contributed by atoms with Crippen molar-refractivity contribution in [2.75, 3.05) is 6.54 Å². The highest BCUT2D eigenvalue weighted by Crippen LogP contribution is 2.26. The van der Waals surface area contributed by atoms with Gasteiger partial charge in [0.15, 0.2) is 0 Å². The summed E-state index contributed by atoms with van der Waals surface area (Å²) in [6, 6.07) is 6.47. The summed E-state index contributed by atoms with van der Waals surface area (Å²) in [7, 11) is 0. The molecule has 0 aromatic heterocycles. The Morgan fingerprint density at radius 3 is 2.48 bits per heavy atom. The lowest BCUT2D eigenvalue weighted by Crippen LogP contribution is -2.40. The van der Waals surface area contributed by atoms with Crippen LogP contribution in [-0.2, 0) is 11.3 Å². The molecule has 1 aromatic carbocycles. The Bertz CT molecular complexity index is 462. The third-order valence-electron chi connectivity index (χ3n) is 3.77. The summed E-state index contributed by atoms with van der Waals surface area (Å²) < 4.78 is 29.1. The van der Waals surface area contributed by atoms with Crippen molar-refractivity contribution in [3.8, 4) is 5.75 Å². The van der Waals surface area contributed by atoms with Crippen LogP contribution in [0.15, 0.2) is 24.3 Å². The molecule has 1 aromatic rings. The number of carboxylic acids is 1. The van der Waals surface area contributed by atoms with Crippen molar-refractivity contribution in [3.63, 3.8) is 0 Å². The number of rotatable bonds is 9. The van der Waals surface area contributed by atoms with Gasteiger partial charge in [-0.3, -0.25) is 4.79 Å². The van der Waals surface area contributed by atoms with Crippen LogP contribution >= 0.6 is 0 Å². The maximum atomic E-state index is 12.3. The number of aliphatic carboxylic acids is 1. The molecule has 0 bridgehead atoms. The van der Waals surface area contributed by atoms with Crippen LogP contribution in [-0.4, -0.2) is 24.2 Å². The molecule has 0 radical (unpaired) electrons. The molecule has 0 amide bonds. The molecule has 0 saturated heterocycles. The van der Waals surface area contributed by atoms with Gasteiger partial charge in [0.25, 0.3) is 0 Å². The molecule has 0 unspecified atom stereocenters. The smallest absolute Gasteiger partial charge is 0.387 e. The zero-order valence-corrected chi connectivity index (χ0v) is 12.2. The highest BCUT2D eigenvalue weighted by atomic mass is 19.3. The lowest BCUT2D eigenvalue weighted by Gasteiger charge is -2.27. The molecule has 0 atom stereocenters. The van der Waals surface area contributed by atoms with Gasteiger partial charge < -0.3 is 15.2 Å². The number of carboxylic acid groups (broad SMARTS) is 1. The van der Waals surface area contributed by atoms with E-state index in [1.807, 2.05) is 13.8 Å². The van der Waals surface area contributed by atoms with Gasteiger partial charge in [0.1, 0.15) is 5.75 Å². The molecule has 2 N–H and O–H groups in total. The van der Waals surface area contributed by atoms with Crippen LogP contribution < -0.4 is 10.1 Å². The van der Waals surface area contributed by atoms with Crippen LogP contribution in [0.1, 0.15) is 32.3 Å². The first kappa shape index (κ1) is 17.4. The highest BCUT2D eigenvalue weighted by Gasteiger charge is 2.34. The predicted octanol–water partition coefficient (Wildman–Crippen LogP) is 3.27. The lowest BCUT2D eigenvalue weighted by molar-refractivity contribution is -0.149. The van der Waals surface area contributed by atoms with E-state index in [4.69, 9.17) is 0 Å². The van der Waals surface area contributed by atoms with Gasteiger partial charge in [-0.25, -0.2) is 0 Å². The number of carbonyl (C=O) groups is 1. The first-order valence-corrected chi connectivity index (χ1v) is 6.92. The highest BCUT2D eigenvalue weighted by molar-refractivity contribution is 5.74. The van der Waals surface area contributed by atoms with Crippen molar-refractivity contribution in [3.05, 3.63) is 29.8 Å². The molecule has 0 fully saturated rings. The topological polar surface area (TPSA) is 58.6 Å². The zero-order chi connectivity index (χ0) is 15.9. The van der Waals surface area contributed by atoms with E-state index in [0.29, 0.717) is 18.4 Å². The summed E-state index contributed by atoms with van der Waals surface area (Å²) in [6.07, 6.45) is 1.00. The number of hydrogen-bond donors (Lipinski definition) is 2. The number of alkyl halides is 2. The van der Waals surface area contributed by atoms with Crippen molar-refractivity contribution in [2.45, 2.75) is 39.8 Å². The number of ether oxygens (including phenoxy) is 1. The van der Waals surface area contributed by atoms with Gasteiger partial charge in [0, 0.05) is 18.7 Å². The molecule has 0 aliphatic carbocycles. The largest absolute Gasteiger partial charge is 0.481 e. The fraction of sp³-hybridized carbons (Fsp3) is 0.533. The number of hydrogen-bond acceptors (Lipinski definition) is 3. The molecule has 0 saturated carbocycles. The maximum absolute atomic E-state index is 12.3. The third-order valence-corrected chi connectivity index (χ3v) is 3.77. The molecule has 118 valence electrons. The molecule has 0 aliphatic rings. The normalized spacial score (nSPS) is 11.7. The average Bonchev–Trinajstić information content (AvgIpc) is 2.44. The van der Waals surface area contributed by atoms with Crippen LogP contribution in [0.5, 0.6) is 5.75 Å². The first-order valence-electron chi connectivity index (χ1n) is 6.92. The summed E-state index contributed by atoms with van der Waals surface area (Å²) in [6.45, 7) is 1.33. The minimum absolute atomic E-state index is 0.105. The van der Waals surface area contributed by atoms with E-state index in [2.05, 4.69) is 10.1 Å². The number of nitrogens with one attached hydrogen (secondary N) is 1. The minimum atomic E-state index is -2.88. The molecule has 1 rings (SSSR count). The van der Waals surface area contributed by atoms with Crippen molar-refractivity contribution in [1.29, 1.82) is 0 Å². The van der Waals surface area contributed by atoms with Crippen LogP contribution in [0.3, 0.4) is 0 Å². The summed E-state index contributed by atoms with van der Waals surface area (Å²) in [5.41, 5.74) is -0.261. The predicted molar refractivity (Wildman–Crippen MR) is 75.4 cm³/mol. The lowest BCUT2D eigenvalue weighted by atomic mass is 9.82. The van der Waals surface area contributed by atoms with E-state index >= 15 is 0 Å². The van der Waals surface area contributed by atoms with Gasteiger partial charge in [-0.1, -0.05) is 32.0 Å². The minimum Gasteiger partial charge on any atom is -0.481 e. The van der Waals surface area contributed by atoms with E-state index in [1.54, 1.807) is 18.2 Å². The van der Waals surface area contributed by atoms with Gasteiger partial charge in [0.2, 0.25) is 0 Å². The second kappa shape index (κ2) is 7.93. The van der Waals surface area contributed by atoms with Crippen molar-refractivity contribution in [2.24, 2.45) is 5.41 Å². The third kappa shape index (κ3) is 4.67.